The zero-order valence-corrected chi connectivity index (χ0v) is 22.4. The van der Waals surface area contributed by atoms with E-state index in [1.54, 1.807) is 36.4 Å². The van der Waals surface area contributed by atoms with Crippen molar-refractivity contribution in [2.45, 2.75) is 56.1 Å². The lowest BCUT2D eigenvalue weighted by Crippen LogP contribution is -2.17. The van der Waals surface area contributed by atoms with Crippen LogP contribution in [0, 0.1) is 11.3 Å². The molecule has 38 heavy (non-hydrogen) atoms. The predicted octanol–water partition coefficient (Wildman–Crippen LogP) is 7.70. The van der Waals surface area contributed by atoms with E-state index in [-0.39, 0.29) is 11.3 Å². The summed E-state index contributed by atoms with van der Waals surface area (Å²) in [5.74, 6) is -2.86. The zero-order valence-electron chi connectivity index (χ0n) is 20.7. The molecule has 0 saturated carbocycles. The lowest BCUT2D eigenvalue weighted by molar-refractivity contribution is -0.112. The summed E-state index contributed by atoms with van der Waals surface area (Å²) in [5, 5.41) is 12.8. The van der Waals surface area contributed by atoms with Crippen molar-refractivity contribution in [1.29, 1.82) is 5.26 Å². The van der Waals surface area contributed by atoms with Gasteiger partial charge in [-0.05, 0) is 61.9 Å². The quantitative estimate of drug-likeness (QED) is 0.0904. The van der Waals surface area contributed by atoms with E-state index in [0.717, 1.165) is 49.0 Å². The minimum absolute atomic E-state index is 0.189. The number of nitrogens with one attached hydrogen (secondary N) is 1. The number of fused-ring (bicyclic) bond motifs is 1. The molecular formula is C28H26F2N2O4S2. The topological polar surface area (TPSA) is 92.3 Å². The van der Waals surface area contributed by atoms with Crippen molar-refractivity contribution in [3.8, 4) is 17.4 Å². The van der Waals surface area contributed by atoms with Gasteiger partial charge >= 0.3 is 5.97 Å². The van der Waals surface area contributed by atoms with Crippen LogP contribution in [0.15, 0.2) is 51.3 Å². The van der Waals surface area contributed by atoms with Gasteiger partial charge in [0.2, 0.25) is 0 Å². The first-order chi connectivity index (χ1) is 18.4. The lowest BCUT2D eigenvalue weighted by atomic mass is 9.95. The van der Waals surface area contributed by atoms with Gasteiger partial charge in [0.1, 0.15) is 28.2 Å². The molecule has 0 atom stereocenters. The Balaban J connectivity index is 1.52. The number of ether oxygens (including phenoxy) is 1. The fourth-order valence-electron chi connectivity index (χ4n) is 4.10. The minimum Gasteiger partial charge on any atom is -0.462 e. The number of thioether (sulfide) groups is 1. The number of esters is 1. The molecule has 1 N–H and O–H groups in total. The number of nitrogens with zero attached hydrogens (tertiary/aromatic N) is 1. The van der Waals surface area contributed by atoms with Gasteiger partial charge in [0.15, 0.2) is 0 Å². The van der Waals surface area contributed by atoms with Crippen LogP contribution in [0.4, 0.5) is 13.8 Å². The number of hydrogen-bond acceptors (Lipinski definition) is 7. The van der Waals surface area contributed by atoms with Gasteiger partial charge in [0.05, 0.1) is 12.2 Å². The summed E-state index contributed by atoms with van der Waals surface area (Å²) >= 11 is 1.81. The molecule has 0 saturated heterocycles. The van der Waals surface area contributed by atoms with Gasteiger partial charge in [-0.25, -0.2) is 4.79 Å². The number of carbonyl (C=O) groups excluding carboxylic acids is 2. The number of furan rings is 1. The average Bonchev–Trinajstić information content (AvgIpc) is 3.51. The molecule has 1 aromatic carbocycles. The molecule has 6 nitrogen and oxygen atoms in total. The Bertz CT molecular complexity index is 1370. The molecule has 0 unspecified atom stereocenters. The number of rotatable bonds is 10. The first-order valence-electron chi connectivity index (χ1n) is 12.3. The second-order valence-electron chi connectivity index (χ2n) is 8.63. The number of halogens is 2. The summed E-state index contributed by atoms with van der Waals surface area (Å²) in [4.78, 5) is 27.4. The fraction of sp³-hybridized carbons (Fsp3) is 0.321. The smallest absolute Gasteiger partial charge is 0.341 e. The number of carbonyl (C=O) groups is 2. The Labute approximate surface area is 227 Å². The van der Waals surface area contributed by atoms with Gasteiger partial charge in [-0.15, -0.1) is 11.3 Å². The molecule has 0 aliphatic heterocycles. The normalized spacial score (nSPS) is 13.2. The number of unbranched alkanes of at least 4 members (excludes halogenated alkanes) is 1. The maximum absolute atomic E-state index is 13.0. The van der Waals surface area contributed by atoms with Crippen molar-refractivity contribution < 1.29 is 27.5 Å². The number of aryl methyl sites for hydroxylation is 1. The van der Waals surface area contributed by atoms with Crippen LogP contribution < -0.4 is 5.32 Å². The van der Waals surface area contributed by atoms with E-state index in [1.807, 2.05) is 13.0 Å². The number of amides is 1. The van der Waals surface area contributed by atoms with Crippen molar-refractivity contribution in [3.05, 3.63) is 63.7 Å². The van der Waals surface area contributed by atoms with E-state index in [2.05, 4.69) is 5.32 Å². The van der Waals surface area contributed by atoms with Crippen LogP contribution >= 0.6 is 23.1 Å². The van der Waals surface area contributed by atoms with Crippen molar-refractivity contribution >= 4 is 46.1 Å². The standard InChI is InChI=1S/C28H26F2N2O4S2/c1-2-3-14-35-27(34)24-21-6-4-5-7-23(21)38-26(24)32-25(33)18(16-31)15-19-10-13-22(36-19)17-8-11-20(12-9-17)37-28(29)30/h8-13,15,28H,2-7,14H2,1H3,(H,32,33). The Morgan fingerprint density at radius 3 is 2.68 bits per heavy atom. The maximum atomic E-state index is 13.0. The van der Waals surface area contributed by atoms with Gasteiger partial charge in [0, 0.05) is 21.4 Å². The third-order valence-electron chi connectivity index (χ3n) is 5.98. The van der Waals surface area contributed by atoms with Gasteiger partial charge < -0.3 is 14.5 Å². The van der Waals surface area contributed by atoms with Gasteiger partial charge in [-0.2, -0.15) is 14.0 Å². The molecular weight excluding hydrogens is 530 g/mol. The van der Waals surface area contributed by atoms with E-state index in [0.29, 0.717) is 45.2 Å². The van der Waals surface area contributed by atoms with Crippen molar-refractivity contribution in [3.63, 3.8) is 0 Å². The highest BCUT2D eigenvalue weighted by Crippen LogP contribution is 2.39. The summed E-state index contributed by atoms with van der Waals surface area (Å²) in [6.45, 7) is 2.32. The van der Waals surface area contributed by atoms with E-state index < -0.39 is 17.6 Å². The predicted molar refractivity (Wildman–Crippen MR) is 144 cm³/mol. The zero-order chi connectivity index (χ0) is 27.1. The summed E-state index contributed by atoms with van der Waals surface area (Å²) in [6.07, 6.45) is 6.54. The number of benzene rings is 1. The Kier molecular flexibility index (Phi) is 9.37. The van der Waals surface area contributed by atoms with Gasteiger partial charge in [-0.1, -0.05) is 37.2 Å². The Morgan fingerprint density at radius 2 is 1.97 bits per heavy atom. The molecule has 2 heterocycles. The van der Waals surface area contributed by atoms with Gasteiger partial charge in [-0.3, -0.25) is 4.79 Å². The highest BCUT2D eigenvalue weighted by atomic mass is 32.2. The maximum Gasteiger partial charge on any atom is 0.341 e. The minimum atomic E-state index is -2.50. The summed E-state index contributed by atoms with van der Waals surface area (Å²) in [6, 6.07) is 11.7. The van der Waals surface area contributed by atoms with Crippen LogP contribution in [0.5, 0.6) is 0 Å². The fourth-order valence-corrected chi connectivity index (χ4v) is 5.87. The highest BCUT2D eigenvalue weighted by molar-refractivity contribution is 7.99. The van der Waals surface area contributed by atoms with E-state index >= 15 is 0 Å². The molecule has 1 aliphatic rings. The summed E-state index contributed by atoms with van der Waals surface area (Å²) in [5.41, 5.74) is 1.79. The number of nitriles is 1. The molecule has 198 valence electrons. The van der Waals surface area contributed by atoms with E-state index in [9.17, 15) is 23.6 Å². The summed E-state index contributed by atoms with van der Waals surface area (Å²) in [7, 11) is 0. The molecule has 3 aromatic rings. The first kappa shape index (κ1) is 27.6. The third kappa shape index (κ3) is 6.71. The lowest BCUT2D eigenvalue weighted by Gasteiger charge is -2.12. The molecule has 0 fully saturated rings. The highest BCUT2D eigenvalue weighted by Gasteiger charge is 2.28. The number of anilines is 1. The largest absolute Gasteiger partial charge is 0.462 e. The molecule has 0 radical (unpaired) electrons. The first-order valence-corrected chi connectivity index (χ1v) is 14.0. The van der Waals surface area contributed by atoms with Crippen LogP contribution in [0.3, 0.4) is 0 Å². The van der Waals surface area contributed by atoms with Crippen molar-refractivity contribution in [1.82, 2.24) is 0 Å². The second-order valence-corrected chi connectivity index (χ2v) is 10.8. The summed E-state index contributed by atoms with van der Waals surface area (Å²) < 4.78 is 36.3. The van der Waals surface area contributed by atoms with Crippen LogP contribution in [0.25, 0.3) is 17.4 Å². The second kappa shape index (κ2) is 12.9. The molecule has 4 rings (SSSR count). The molecule has 0 spiro atoms. The van der Waals surface area contributed by atoms with Crippen molar-refractivity contribution in [2.24, 2.45) is 0 Å². The average molecular weight is 557 g/mol. The number of alkyl halides is 2. The molecule has 1 aliphatic carbocycles. The van der Waals surface area contributed by atoms with E-state index in [4.69, 9.17) is 9.15 Å². The molecule has 1 amide bonds. The van der Waals surface area contributed by atoms with E-state index in [1.165, 1.54) is 17.4 Å². The third-order valence-corrected chi connectivity index (χ3v) is 7.91. The molecule has 2 aromatic heterocycles. The SMILES string of the molecule is CCCCOC(=O)c1c(NC(=O)C(C#N)=Cc2ccc(-c3ccc(SC(F)F)cc3)o2)sc2c1CCCC2. The van der Waals surface area contributed by atoms with Crippen LogP contribution in [-0.2, 0) is 22.4 Å². The molecule has 10 heteroatoms. The molecule has 0 bridgehead atoms. The Morgan fingerprint density at radius 1 is 1.21 bits per heavy atom. The van der Waals surface area contributed by atoms with Crippen LogP contribution in [-0.4, -0.2) is 24.2 Å². The van der Waals surface area contributed by atoms with Crippen LogP contribution in [0.2, 0.25) is 0 Å². The van der Waals surface area contributed by atoms with Crippen molar-refractivity contribution in [2.75, 3.05) is 11.9 Å². The van der Waals surface area contributed by atoms with Gasteiger partial charge in [0.25, 0.3) is 11.7 Å². The monoisotopic (exact) mass is 556 g/mol. The number of thiophene rings is 1. The van der Waals surface area contributed by atoms with Crippen LogP contribution in [0.1, 0.15) is 59.2 Å². The Hall–Kier alpha value is -3.42. The number of hydrogen-bond donors (Lipinski definition) is 1.